The highest BCUT2D eigenvalue weighted by Gasteiger charge is 2.38. The Labute approximate surface area is 149 Å². The molecule has 2 heterocycles. The van der Waals surface area contributed by atoms with Gasteiger partial charge < -0.3 is 9.64 Å². The summed E-state index contributed by atoms with van der Waals surface area (Å²) in [7, 11) is 1.31. The summed E-state index contributed by atoms with van der Waals surface area (Å²) < 4.78 is 34.4. The maximum absolute atomic E-state index is 14.8. The van der Waals surface area contributed by atoms with E-state index < -0.39 is 35.4 Å². The van der Waals surface area contributed by atoms with E-state index in [0.717, 1.165) is 6.08 Å². The van der Waals surface area contributed by atoms with Crippen molar-refractivity contribution in [3.8, 4) is 0 Å². The third-order valence-corrected chi connectivity index (χ3v) is 4.88. The van der Waals surface area contributed by atoms with Crippen LogP contribution >= 0.6 is 0 Å². The molecule has 1 atom stereocenters. The largest absolute Gasteiger partial charge is 0.501 e. The first-order valence-corrected chi connectivity index (χ1v) is 8.59. The fourth-order valence-electron chi connectivity index (χ4n) is 3.53. The van der Waals surface area contributed by atoms with E-state index in [1.807, 2.05) is 0 Å². The van der Waals surface area contributed by atoms with Crippen molar-refractivity contribution in [3.05, 3.63) is 34.6 Å². The SMILES string of the molecule is COC1=CC(F)=C2C(=O)N(C3CCC(=O)NC3=O)CCCCC2=C(F)C1. The summed E-state index contributed by atoms with van der Waals surface area (Å²) in [6.07, 6.45) is 2.43. The zero-order valence-electron chi connectivity index (χ0n) is 14.4. The number of nitrogens with zero attached hydrogens (tertiary/aromatic N) is 1. The van der Waals surface area contributed by atoms with Gasteiger partial charge in [0.15, 0.2) is 0 Å². The molecule has 0 aromatic rings. The first-order valence-electron chi connectivity index (χ1n) is 8.59. The predicted molar refractivity (Wildman–Crippen MR) is 87.7 cm³/mol. The molecule has 2 aliphatic heterocycles. The second-order valence-electron chi connectivity index (χ2n) is 6.52. The van der Waals surface area contributed by atoms with Crippen LogP contribution in [0.25, 0.3) is 0 Å². The van der Waals surface area contributed by atoms with Crippen molar-refractivity contribution >= 4 is 17.7 Å². The predicted octanol–water partition coefficient (Wildman–Crippen LogP) is 2.19. The summed E-state index contributed by atoms with van der Waals surface area (Å²) in [5, 5.41) is 2.20. The Balaban J connectivity index is 2.02. The van der Waals surface area contributed by atoms with Crippen LogP contribution in [0, 0.1) is 0 Å². The number of likely N-dealkylation sites (tertiary alicyclic amines) is 1. The first kappa shape index (κ1) is 18.3. The number of methoxy groups -OCH3 is 1. The molecule has 0 radical (unpaired) electrons. The average molecular weight is 366 g/mol. The molecular formula is C18H20F2N2O4. The molecule has 8 heteroatoms. The monoisotopic (exact) mass is 366 g/mol. The lowest BCUT2D eigenvalue weighted by Gasteiger charge is -2.35. The molecule has 3 rings (SSSR count). The maximum Gasteiger partial charge on any atom is 0.257 e. The molecule has 0 bridgehead atoms. The third-order valence-electron chi connectivity index (χ3n) is 4.88. The van der Waals surface area contributed by atoms with Gasteiger partial charge in [-0.2, -0.15) is 0 Å². The summed E-state index contributed by atoms with van der Waals surface area (Å²) >= 11 is 0. The van der Waals surface area contributed by atoms with Crippen LogP contribution in [-0.2, 0) is 19.1 Å². The molecule has 140 valence electrons. The van der Waals surface area contributed by atoms with Gasteiger partial charge in [-0.1, -0.05) is 0 Å². The van der Waals surface area contributed by atoms with Crippen molar-refractivity contribution in [3.63, 3.8) is 0 Å². The van der Waals surface area contributed by atoms with E-state index in [9.17, 15) is 23.2 Å². The summed E-state index contributed by atoms with van der Waals surface area (Å²) in [5.41, 5.74) is -0.313. The van der Waals surface area contributed by atoms with Crippen molar-refractivity contribution in [1.82, 2.24) is 10.2 Å². The van der Waals surface area contributed by atoms with Crippen molar-refractivity contribution in [1.29, 1.82) is 0 Å². The molecule has 0 aromatic carbocycles. The Morgan fingerprint density at radius 2 is 1.96 bits per heavy atom. The minimum absolute atomic E-state index is 0.0350. The van der Waals surface area contributed by atoms with Crippen LogP contribution in [-0.4, -0.2) is 42.3 Å². The molecule has 2 fully saturated rings. The normalized spacial score (nSPS) is 25.2. The molecule has 6 nitrogen and oxygen atoms in total. The number of hydrogen-bond acceptors (Lipinski definition) is 4. The Hall–Kier alpha value is -2.51. The Bertz CT molecular complexity index is 754. The number of ether oxygens (including phenoxy) is 1. The molecule has 1 aliphatic carbocycles. The van der Waals surface area contributed by atoms with Gasteiger partial charge in [0.1, 0.15) is 23.5 Å². The van der Waals surface area contributed by atoms with E-state index >= 15 is 0 Å². The van der Waals surface area contributed by atoms with E-state index in [1.54, 1.807) is 0 Å². The standard InChI is InChI=1S/C18H20F2N2O4/c1-26-10-8-12(19)11-4-2-3-7-22(18(25)16(11)13(20)9-10)14-5-6-15(23)21-17(14)24/h9,14H,2-8H2,1H3,(H,21,23,24). The maximum atomic E-state index is 14.8. The number of hydrogen-bond donors (Lipinski definition) is 1. The van der Waals surface area contributed by atoms with Crippen LogP contribution in [0.2, 0.25) is 0 Å². The molecule has 3 amide bonds. The summed E-state index contributed by atoms with van der Waals surface area (Å²) in [6, 6.07) is -0.864. The lowest BCUT2D eigenvalue weighted by molar-refractivity contribution is -0.144. The van der Waals surface area contributed by atoms with Crippen molar-refractivity contribution in [2.45, 2.75) is 44.6 Å². The molecule has 0 saturated carbocycles. The molecule has 2 saturated heterocycles. The van der Waals surface area contributed by atoms with Gasteiger partial charge in [0.25, 0.3) is 5.91 Å². The number of amides is 3. The highest BCUT2D eigenvalue weighted by atomic mass is 19.1. The summed E-state index contributed by atoms with van der Waals surface area (Å²) in [4.78, 5) is 37.8. The quantitative estimate of drug-likeness (QED) is 0.760. The number of imide groups is 1. The zero-order valence-corrected chi connectivity index (χ0v) is 14.4. The van der Waals surface area contributed by atoms with Crippen LogP contribution in [0.4, 0.5) is 8.78 Å². The van der Waals surface area contributed by atoms with Crippen molar-refractivity contribution in [2.75, 3.05) is 13.7 Å². The van der Waals surface area contributed by atoms with Crippen LogP contribution < -0.4 is 5.32 Å². The second-order valence-corrected chi connectivity index (χ2v) is 6.52. The highest BCUT2D eigenvalue weighted by molar-refractivity contribution is 6.05. The molecular weight excluding hydrogens is 346 g/mol. The lowest BCUT2D eigenvalue weighted by atomic mass is 9.93. The Morgan fingerprint density at radius 1 is 1.19 bits per heavy atom. The zero-order chi connectivity index (χ0) is 18.8. The number of halogens is 2. The Kier molecular flexibility index (Phi) is 5.20. The van der Waals surface area contributed by atoms with Gasteiger partial charge in [-0.25, -0.2) is 8.78 Å². The minimum atomic E-state index is -0.867. The number of allylic oxidation sites excluding steroid dienone is 3. The van der Waals surface area contributed by atoms with E-state index in [4.69, 9.17) is 4.74 Å². The fraction of sp³-hybridized carbons (Fsp3) is 0.500. The van der Waals surface area contributed by atoms with Crippen molar-refractivity contribution in [2.24, 2.45) is 0 Å². The summed E-state index contributed by atoms with van der Waals surface area (Å²) in [6.45, 7) is 0.248. The lowest BCUT2D eigenvalue weighted by Crippen LogP contribution is -2.55. The fourth-order valence-corrected chi connectivity index (χ4v) is 3.53. The smallest absolute Gasteiger partial charge is 0.257 e. The van der Waals surface area contributed by atoms with Gasteiger partial charge in [0.2, 0.25) is 11.8 Å². The van der Waals surface area contributed by atoms with E-state index in [-0.39, 0.29) is 49.1 Å². The molecule has 1 N–H and O–H groups in total. The topological polar surface area (TPSA) is 75.7 Å². The number of piperidine rings is 1. The van der Waals surface area contributed by atoms with Gasteiger partial charge in [0, 0.05) is 19.0 Å². The van der Waals surface area contributed by atoms with Gasteiger partial charge >= 0.3 is 0 Å². The van der Waals surface area contributed by atoms with E-state index in [2.05, 4.69) is 5.32 Å². The number of rotatable bonds is 2. The second kappa shape index (κ2) is 7.39. The summed E-state index contributed by atoms with van der Waals surface area (Å²) in [5.74, 6) is -3.08. The average Bonchev–Trinajstić information content (AvgIpc) is 2.69. The van der Waals surface area contributed by atoms with Crippen molar-refractivity contribution < 1.29 is 27.9 Å². The van der Waals surface area contributed by atoms with Crippen LogP contribution in [0.3, 0.4) is 0 Å². The Morgan fingerprint density at radius 3 is 2.65 bits per heavy atom. The molecule has 3 aliphatic rings. The van der Waals surface area contributed by atoms with E-state index in [0.29, 0.717) is 12.8 Å². The molecule has 26 heavy (non-hydrogen) atoms. The first-order chi connectivity index (χ1) is 12.4. The third kappa shape index (κ3) is 3.40. The molecule has 1 unspecified atom stereocenters. The highest BCUT2D eigenvalue weighted by Crippen LogP contribution is 2.36. The van der Waals surface area contributed by atoms with Crippen LogP contribution in [0.5, 0.6) is 0 Å². The molecule has 0 aromatic heterocycles. The van der Waals surface area contributed by atoms with Crippen LogP contribution in [0.15, 0.2) is 34.6 Å². The van der Waals surface area contributed by atoms with Gasteiger partial charge in [-0.15, -0.1) is 0 Å². The number of carbonyl (C=O) groups is 3. The minimum Gasteiger partial charge on any atom is -0.501 e. The number of carbonyl (C=O) groups excluding carboxylic acids is 3. The number of fused-ring (bicyclic) bond motifs is 1. The van der Waals surface area contributed by atoms with Crippen LogP contribution in [0.1, 0.15) is 38.5 Å². The molecule has 0 spiro atoms. The number of nitrogens with one attached hydrogen (secondary N) is 1. The van der Waals surface area contributed by atoms with Gasteiger partial charge in [0.05, 0.1) is 19.1 Å². The van der Waals surface area contributed by atoms with E-state index in [1.165, 1.54) is 12.0 Å². The van der Waals surface area contributed by atoms with Gasteiger partial charge in [-0.05, 0) is 31.3 Å². The van der Waals surface area contributed by atoms with Gasteiger partial charge in [-0.3, -0.25) is 19.7 Å².